The van der Waals surface area contributed by atoms with Gasteiger partial charge in [0.1, 0.15) is 0 Å². The summed E-state index contributed by atoms with van der Waals surface area (Å²) in [6.45, 7) is 0. The van der Waals surface area contributed by atoms with Crippen LogP contribution >= 0.6 is 46.4 Å². The van der Waals surface area contributed by atoms with Gasteiger partial charge in [0.25, 0.3) is 0 Å². The monoisotopic (exact) mass is 520 g/mol. The predicted octanol–water partition coefficient (Wildman–Crippen LogP) is 9.76. The molecule has 1 aromatic heterocycles. The molecule has 0 saturated heterocycles. The van der Waals surface area contributed by atoms with Crippen LogP contribution in [0.25, 0.3) is 45.0 Å². The van der Waals surface area contributed by atoms with Crippen LogP contribution in [0.4, 0.5) is 0 Å². The molecular formula is C28H16Cl4N2. The molecule has 2 nitrogen and oxygen atoms in total. The first-order chi connectivity index (χ1) is 16.5. The standard InChI is InChI=1S/C28H16Cl4N2/c29-21-9-1-17(2-10-21)25-26(18-3-11-22(30)12-4-18)34-28(20-7-15-24(32)16-8-20)27(33-25)19-5-13-23(31)14-6-19/h1-16H. The largest absolute Gasteiger partial charge is 0.243 e. The molecule has 0 radical (unpaired) electrons. The van der Waals surface area contributed by atoms with Crippen LogP contribution in [0.2, 0.25) is 20.1 Å². The Kier molecular flexibility index (Phi) is 6.58. The highest BCUT2D eigenvalue weighted by Crippen LogP contribution is 2.38. The lowest BCUT2D eigenvalue weighted by atomic mass is 9.99. The number of benzene rings is 4. The van der Waals surface area contributed by atoms with E-state index in [1.54, 1.807) is 0 Å². The highest BCUT2D eigenvalue weighted by atomic mass is 35.5. The van der Waals surface area contributed by atoms with Gasteiger partial charge in [0.05, 0.1) is 22.8 Å². The predicted molar refractivity (Wildman–Crippen MR) is 144 cm³/mol. The first-order valence-electron chi connectivity index (χ1n) is 10.4. The zero-order valence-corrected chi connectivity index (χ0v) is 20.7. The zero-order valence-electron chi connectivity index (χ0n) is 17.6. The Labute approximate surface area is 217 Å². The SMILES string of the molecule is Clc1ccc(-c2nc(-c3ccc(Cl)cc3)c(-c3ccc(Cl)cc3)nc2-c2ccc(Cl)cc2)cc1. The van der Waals surface area contributed by atoms with Gasteiger partial charge in [0.2, 0.25) is 0 Å². The molecule has 4 aromatic carbocycles. The number of halogens is 4. The van der Waals surface area contributed by atoms with E-state index >= 15 is 0 Å². The molecule has 6 heteroatoms. The number of rotatable bonds is 4. The first kappa shape index (κ1) is 22.9. The van der Waals surface area contributed by atoms with E-state index in [0.717, 1.165) is 45.0 Å². The highest BCUT2D eigenvalue weighted by Gasteiger charge is 2.19. The zero-order chi connectivity index (χ0) is 23.7. The molecule has 0 aliphatic rings. The van der Waals surface area contributed by atoms with Crippen molar-refractivity contribution in [3.05, 3.63) is 117 Å². The van der Waals surface area contributed by atoms with E-state index in [1.165, 1.54) is 0 Å². The molecular weight excluding hydrogens is 506 g/mol. The summed E-state index contributed by atoms with van der Waals surface area (Å²) < 4.78 is 0. The lowest BCUT2D eigenvalue weighted by molar-refractivity contribution is 1.21. The van der Waals surface area contributed by atoms with Gasteiger partial charge in [-0.1, -0.05) is 94.9 Å². The van der Waals surface area contributed by atoms with E-state index in [1.807, 2.05) is 97.1 Å². The summed E-state index contributed by atoms with van der Waals surface area (Å²) in [6, 6.07) is 30.3. The molecule has 166 valence electrons. The van der Waals surface area contributed by atoms with Crippen molar-refractivity contribution in [2.24, 2.45) is 0 Å². The van der Waals surface area contributed by atoms with Gasteiger partial charge in [0, 0.05) is 42.3 Å². The molecule has 0 amide bonds. The van der Waals surface area contributed by atoms with Crippen molar-refractivity contribution in [1.29, 1.82) is 0 Å². The topological polar surface area (TPSA) is 25.8 Å². The van der Waals surface area contributed by atoms with Gasteiger partial charge < -0.3 is 0 Å². The Bertz CT molecular complexity index is 1220. The molecule has 34 heavy (non-hydrogen) atoms. The molecule has 0 fully saturated rings. The van der Waals surface area contributed by atoms with Gasteiger partial charge in [-0.25, -0.2) is 9.97 Å². The third-order valence-electron chi connectivity index (χ3n) is 5.37. The normalized spacial score (nSPS) is 10.9. The Morgan fingerprint density at radius 2 is 0.471 bits per heavy atom. The maximum atomic E-state index is 6.16. The molecule has 0 unspecified atom stereocenters. The molecule has 0 spiro atoms. The minimum absolute atomic E-state index is 0.653. The van der Waals surface area contributed by atoms with Crippen molar-refractivity contribution in [2.45, 2.75) is 0 Å². The van der Waals surface area contributed by atoms with Crippen LogP contribution in [0.15, 0.2) is 97.1 Å². The fourth-order valence-corrected chi connectivity index (χ4v) is 4.18. The van der Waals surface area contributed by atoms with Crippen LogP contribution in [-0.4, -0.2) is 9.97 Å². The molecule has 0 saturated carbocycles. The molecule has 0 bridgehead atoms. The summed E-state index contributed by atoms with van der Waals surface area (Å²) in [6.07, 6.45) is 0. The van der Waals surface area contributed by atoms with Gasteiger partial charge in [-0.15, -0.1) is 0 Å². The molecule has 0 atom stereocenters. The lowest BCUT2D eigenvalue weighted by Gasteiger charge is -2.16. The van der Waals surface area contributed by atoms with E-state index in [-0.39, 0.29) is 0 Å². The summed E-state index contributed by atoms with van der Waals surface area (Å²) >= 11 is 24.6. The molecule has 5 rings (SSSR count). The molecule has 0 aliphatic heterocycles. The number of nitrogens with zero attached hydrogens (tertiary/aromatic N) is 2. The Hall–Kier alpha value is -2.88. The lowest BCUT2D eigenvalue weighted by Crippen LogP contribution is -2.00. The minimum Gasteiger partial charge on any atom is -0.243 e. The number of aromatic nitrogens is 2. The maximum Gasteiger partial charge on any atom is 0.0973 e. The van der Waals surface area contributed by atoms with Crippen LogP contribution in [-0.2, 0) is 0 Å². The molecule has 5 aromatic rings. The van der Waals surface area contributed by atoms with Crippen molar-refractivity contribution in [3.8, 4) is 45.0 Å². The average molecular weight is 522 g/mol. The van der Waals surface area contributed by atoms with Crippen molar-refractivity contribution in [2.75, 3.05) is 0 Å². The summed E-state index contributed by atoms with van der Waals surface area (Å²) in [5, 5.41) is 2.61. The fraction of sp³-hybridized carbons (Fsp3) is 0. The van der Waals surface area contributed by atoms with Crippen molar-refractivity contribution < 1.29 is 0 Å². The van der Waals surface area contributed by atoms with E-state index in [9.17, 15) is 0 Å². The second-order valence-corrected chi connectivity index (χ2v) is 9.39. The summed E-state index contributed by atoms with van der Waals surface area (Å²) in [4.78, 5) is 10.3. The first-order valence-corrected chi connectivity index (χ1v) is 11.9. The van der Waals surface area contributed by atoms with Crippen LogP contribution in [0.3, 0.4) is 0 Å². The van der Waals surface area contributed by atoms with Crippen molar-refractivity contribution in [1.82, 2.24) is 9.97 Å². The van der Waals surface area contributed by atoms with E-state index in [2.05, 4.69) is 0 Å². The van der Waals surface area contributed by atoms with Gasteiger partial charge in [-0.3, -0.25) is 0 Å². The summed E-state index contributed by atoms with van der Waals surface area (Å²) in [5.74, 6) is 0. The smallest absolute Gasteiger partial charge is 0.0973 e. The van der Waals surface area contributed by atoms with Crippen LogP contribution in [0.1, 0.15) is 0 Å². The number of hydrogen-bond acceptors (Lipinski definition) is 2. The van der Waals surface area contributed by atoms with Gasteiger partial charge >= 0.3 is 0 Å². The Balaban J connectivity index is 1.83. The second-order valence-electron chi connectivity index (χ2n) is 7.65. The minimum atomic E-state index is 0.653. The molecule has 0 N–H and O–H groups in total. The van der Waals surface area contributed by atoms with Crippen molar-refractivity contribution in [3.63, 3.8) is 0 Å². The van der Waals surface area contributed by atoms with E-state index in [0.29, 0.717) is 20.1 Å². The summed E-state index contributed by atoms with van der Waals surface area (Å²) in [7, 11) is 0. The van der Waals surface area contributed by atoms with Crippen molar-refractivity contribution >= 4 is 46.4 Å². The Morgan fingerprint density at radius 3 is 0.647 bits per heavy atom. The second kappa shape index (κ2) is 9.77. The van der Waals surface area contributed by atoms with Gasteiger partial charge in [-0.05, 0) is 48.5 Å². The van der Waals surface area contributed by atoms with E-state index in [4.69, 9.17) is 56.4 Å². The fourth-order valence-electron chi connectivity index (χ4n) is 3.67. The average Bonchev–Trinajstić information content (AvgIpc) is 2.85. The van der Waals surface area contributed by atoms with E-state index < -0.39 is 0 Å². The van der Waals surface area contributed by atoms with Crippen LogP contribution in [0.5, 0.6) is 0 Å². The third-order valence-corrected chi connectivity index (χ3v) is 6.37. The Morgan fingerprint density at radius 1 is 0.294 bits per heavy atom. The summed E-state index contributed by atoms with van der Waals surface area (Å²) in [5.41, 5.74) is 6.56. The van der Waals surface area contributed by atoms with Crippen LogP contribution < -0.4 is 0 Å². The molecule has 0 aliphatic carbocycles. The number of hydrogen-bond donors (Lipinski definition) is 0. The highest BCUT2D eigenvalue weighted by molar-refractivity contribution is 6.31. The molecule has 1 heterocycles. The van der Waals surface area contributed by atoms with Gasteiger partial charge in [-0.2, -0.15) is 0 Å². The van der Waals surface area contributed by atoms with Gasteiger partial charge in [0.15, 0.2) is 0 Å². The quantitative estimate of drug-likeness (QED) is 0.235. The van der Waals surface area contributed by atoms with Crippen LogP contribution in [0, 0.1) is 0 Å². The third kappa shape index (κ3) is 4.82. The maximum absolute atomic E-state index is 6.16.